The number of hydrogen-bond donors (Lipinski definition) is 1. The molecule has 0 aliphatic heterocycles. The van der Waals surface area contributed by atoms with Gasteiger partial charge in [0, 0.05) is 29.5 Å². The number of nitro groups is 1. The number of aromatic nitrogens is 2. The summed E-state index contributed by atoms with van der Waals surface area (Å²) in [5.41, 5.74) is 3.02. The number of hydrogen-bond acceptors (Lipinski definition) is 4. The quantitative estimate of drug-likeness (QED) is 0.444. The van der Waals surface area contributed by atoms with Gasteiger partial charge in [0.15, 0.2) is 5.78 Å². The van der Waals surface area contributed by atoms with E-state index < -0.39 is 4.92 Å². The summed E-state index contributed by atoms with van der Waals surface area (Å²) in [6.45, 7) is 3.47. The standard InChI is InChI=1S/C17H13N3O3/c1-2-14(21)9-11-4-3-5-12(8-11)17-15-7-6-13(20(22)23)10-16(15)18-19-17/h2-8,10H,1,9H2,(H,18,19). The van der Waals surface area contributed by atoms with Crippen molar-refractivity contribution in [1.82, 2.24) is 10.2 Å². The zero-order valence-corrected chi connectivity index (χ0v) is 12.2. The topological polar surface area (TPSA) is 88.9 Å². The number of H-pyrrole nitrogens is 1. The summed E-state index contributed by atoms with van der Waals surface area (Å²) in [5, 5.41) is 18.7. The molecular formula is C17H13N3O3. The lowest BCUT2D eigenvalue weighted by Crippen LogP contribution is -1.97. The molecule has 0 spiro atoms. The van der Waals surface area contributed by atoms with Gasteiger partial charge in [0.25, 0.3) is 5.69 Å². The number of allylic oxidation sites excluding steroid dienone is 1. The van der Waals surface area contributed by atoms with Crippen LogP contribution in [0.4, 0.5) is 5.69 Å². The van der Waals surface area contributed by atoms with Crippen LogP contribution in [0.25, 0.3) is 22.2 Å². The van der Waals surface area contributed by atoms with Gasteiger partial charge in [-0.3, -0.25) is 20.0 Å². The number of nitrogens with one attached hydrogen (secondary N) is 1. The minimum absolute atomic E-state index is 0.0121. The van der Waals surface area contributed by atoms with E-state index in [1.54, 1.807) is 6.07 Å². The Kier molecular flexibility index (Phi) is 3.72. The fraction of sp³-hybridized carbons (Fsp3) is 0.0588. The molecule has 3 rings (SSSR count). The first-order valence-electron chi connectivity index (χ1n) is 6.95. The average Bonchev–Trinajstić information content (AvgIpc) is 2.98. The summed E-state index contributed by atoms with van der Waals surface area (Å²) in [4.78, 5) is 21.9. The molecule has 0 fully saturated rings. The van der Waals surface area contributed by atoms with Gasteiger partial charge in [-0.1, -0.05) is 24.8 Å². The minimum atomic E-state index is -0.443. The Bertz CT molecular complexity index is 928. The van der Waals surface area contributed by atoms with Crippen molar-refractivity contribution in [2.75, 3.05) is 0 Å². The van der Waals surface area contributed by atoms with Crippen molar-refractivity contribution in [2.45, 2.75) is 6.42 Å². The first-order valence-corrected chi connectivity index (χ1v) is 6.95. The maximum Gasteiger partial charge on any atom is 0.271 e. The highest BCUT2D eigenvalue weighted by atomic mass is 16.6. The Morgan fingerprint density at radius 1 is 1.30 bits per heavy atom. The van der Waals surface area contributed by atoms with E-state index in [0.29, 0.717) is 11.2 Å². The van der Waals surface area contributed by atoms with Crippen LogP contribution in [-0.4, -0.2) is 20.9 Å². The first-order chi connectivity index (χ1) is 11.1. The number of aromatic amines is 1. The second-order valence-electron chi connectivity index (χ2n) is 5.11. The van der Waals surface area contributed by atoms with Gasteiger partial charge in [0.2, 0.25) is 0 Å². The number of nitrogens with zero attached hydrogens (tertiary/aromatic N) is 2. The molecule has 0 aliphatic carbocycles. The van der Waals surface area contributed by atoms with Gasteiger partial charge in [0.1, 0.15) is 0 Å². The van der Waals surface area contributed by atoms with Crippen LogP contribution in [0.1, 0.15) is 5.56 Å². The van der Waals surface area contributed by atoms with Crippen LogP contribution in [-0.2, 0) is 11.2 Å². The van der Waals surface area contributed by atoms with Crippen LogP contribution < -0.4 is 0 Å². The van der Waals surface area contributed by atoms with E-state index in [2.05, 4.69) is 16.8 Å². The predicted octanol–water partition coefficient (Wildman–Crippen LogP) is 3.44. The van der Waals surface area contributed by atoms with E-state index in [1.165, 1.54) is 18.2 Å². The fourth-order valence-electron chi connectivity index (χ4n) is 2.44. The Hall–Kier alpha value is -3.28. The number of carbonyl (C=O) groups is 1. The van der Waals surface area contributed by atoms with Gasteiger partial charge in [0.05, 0.1) is 16.1 Å². The third-order valence-corrected chi connectivity index (χ3v) is 3.56. The number of rotatable bonds is 5. The number of carbonyl (C=O) groups excluding carboxylic acids is 1. The summed E-state index contributed by atoms with van der Waals surface area (Å²) in [6, 6.07) is 12.1. The van der Waals surface area contributed by atoms with Gasteiger partial charge in [-0.15, -0.1) is 0 Å². The monoisotopic (exact) mass is 307 g/mol. The van der Waals surface area contributed by atoms with Crippen molar-refractivity contribution in [3.05, 3.63) is 70.8 Å². The summed E-state index contributed by atoms with van der Waals surface area (Å²) in [6.07, 6.45) is 1.58. The van der Waals surface area contributed by atoms with Crippen molar-refractivity contribution in [3.8, 4) is 11.3 Å². The van der Waals surface area contributed by atoms with E-state index in [0.717, 1.165) is 16.5 Å². The molecule has 0 amide bonds. The van der Waals surface area contributed by atoms with Crippen LogP contribution in [0.2, 0.25) is 0 Å². The molecule has 1 aromatic heterocycles. The van der Waals surface area contributed by atoms with Crippen LogP contribution in [0.15, 0.2) is 55.1 Å². The van der Waals surface area contributed by atoms with Crippen molar-refractivity contribution in [1.29, 1.82) is 0 Å². The molecule has 6 nitrogen and oxygen atoms in total. The van der Waals surface area contributed by atoms with E-state index in [4.69, 9.17) is 0 Å². The molecule has 0 unspecified atom stereocenters. The lowest BCUT2D eigenvalue weighted by molar-refractivity contribution is -0.384. The van der Waals surface area contributed by atoms with Crippen molar-refractivity contribution >= 4 is 22.4 Å². The second kappa shape index (κ2) is 5.84. The van der Waals surface area contributed by atoms with E-state index >= 15 is 0 Å². The van der Waals surface area contributed by atoms with Crippen LogP contribution in [0.3, 0.4) is 0 Å². The molecule has 0 saturated carbocycles. The van der Waals surface area contributed by atoms with Crippen LogP contribution in [0.5, 0.6) is 0 Å². The third kappa shape index (κ3) is 2.87. The van der Waals surface area contributed by atoms with Gasteiger partial charge < -0.3 is 0 Å². The van der Waals surface area contributed by atoms with E-state index in [1.807, 2.05) is 24.3 Å². The molecule has 0 saturated heterocycles. The SMILES string of the molecule is C=CC(=O)Cc1cccc(-c2n[nH]c3cc([N+](=O)[O-])ccc23)c1. The highest BCUT2D eigenvalue weighted by Gasteiger charge is 2.13. The van der Waals surface area contributed by atoms with Crippen LogP contribution in [0, 0.1) is 10.1 Å². The van der Waals surface area contributed by atoms with Gasteiger partial charge in [-0.25, -0.2) is 0 Å². The molecule has 6 heteroatoms. The van der Waals surface area contributed by atoms with Crippen molar-refractivity contribution in [3.63, 3.8) is 0 Å². The molecule has 2 aromatic carbocycles. The summed E-state index contributed by atoms with van der Waals surface area (Å²) >= 11 is 0. The van der Waals surface area contributed by atoms with Crippen molar-refractivity contribution < 1.29 is 9.72 Å². The molecule has 1 N–H and O–H groups in total. The average molecular weight is 307 g/mol. The Morgan fingerprint density at radius 3 is 2.87 bits per heavy atom. The molecule has 0 aliphatic rings. The number of fused-ring (bicyclic) bond motifs is 1. The molecule has 114 valence electrons. The lowest BCUT2D eigenvalue weighted by Gasteiger charge is -2.02. The number of ketones is 1. The normalized spacial score (nSPS) is 10.6. The maximum atomic E-state index is 11.5. The largest absolute Gasteiger partial charge is 0.295 e. The van der Waals surface area contributed by atoms with Gasteiger partial charge >= 0.3 is 0 Å². The first kappa shape index (κ1) is 14.6. The number of non-ortho nitro benzene ring substituents is 1. The third-order valence-electron chi connectivity index (χ3n) is 3.56. The zero-order valence-electron chi connectivity index (χ0n) is 12.2. The summed E-state index contributed by atoms with van der Waals surface area (Å²) in [5.74, 6) is -0.0512. The van der Waals surface area contributed by atoms with Crippen LogP contribution >= 0.6 is 0 Å². The zero-order chi connectivity index (χ0) is 16.4. The summed E-state index contributed by atoms with van der Waals surface area (Å²) < 4.78 is 0. The molecule has 23 heavy (non-hydrogen) atoms. The molecular weight excluding hydrogens is 294 g/mol. The predicted molar refractivity (Wildman–Crippen MR) is 87.1 cm³/mol. The summed E-state index contributed by atoms with van der Waals surface area (Å²) in [7, 11) is 0. The minimum Gasteiger partial charge on any atom is -0.295 e. The number of nitro benzene ring substituents is 1. The number of benzene rings is 2. The van der Waals surface area contributed by atoms with Crippen molar-refractivity contribution in [2.24, 2.45) is 0 Å². The molecule has 0 bridgehead atoms. The fourth-order valence-corrected chi connectivity index (χ4v) is 2.44. The van der Waals surface area contributed by atoms with E-state index in [9.17, 15) is 14.9 Å². The Morgan fingerprint density at radius 2 is 2.13 bits per heavy atom. The molecule has 1 heterocycles. The van der Waals surface area contributed by atoms with E-state index in [-0.39, 0.29) is 17.9 Å². The Labute approximate surface area is 131 Å². The second-order valence-corrected chi connectivity index (χ2v) is 5.11. The smallest absolute Gasteiger partial charge is 0.271 e. The maximum absolute atomic E-state index is 11.5. The Balaban J connectivity index is 2.03. The highest BCUT2D eigenvalue weighted by molar-refractivity contribution is 5.94. The van der Waals surface area contributed by atoms with Gasteiger partial charge in [-0.05, 0) is 23.8 Å². The molecule has 0 atom stereocenters. The molecule has 0 radical (unpaired) electrons. The van der Waals surface area contributed by atoms with Gasteiger partial charge in [-0.2, -0.15) is 5.10 Å². The molecule has 3 aromatic rings. The highest BCUT2D eigenvalue weighted by Crippen LogP contribution is 2.29. The lowest BCUT2D eigenvalue weighted by atomic mass is 10.0.